The van der Waals surface area contributed by atoms with Crippen molar-refractivity contribution >= 4 is 11.5 Å². The first-order valence-corrected chi connectivity index (χ1v) is 9.63. The van der Waals surface area contributed by atoms with Crippen LogP contribution in [0.2, 0.25) is 0 Å². The van der Waals surface area contributed by atoms with Gasteiger partial charge < -0.3 is 24.3 Å². The van der Waals surface area contributed by atoms with Gasteiger partial charge in [-0.25, -0.2) is 0 Å². The van der Waals surface area contributed by atoms with Crippen molar-refractivity contribution in [3.8, 4) is 23.0 Å². The molecule has 1 aliphatic heterocycles. The summed E-state index contributed by atoms with van der Waals surface area (Å²) < 4.78 is 22.4. The predicted molar refractivity (Wildman–Crippen MR) is 110 cm³/mol. The Balaban J connectivity index is 2.03. The van der Waals surface area contributed by atoms with E-state index < -0.39 is 0 Å². The number of hydrogen-bond donors (Lipinski definition) is 1. The van der Waals surface area contributed by atoms with Crippen molar-refractivity contribution in [1.29, 1.82) is 0 Å². The average Bonchev–Trinajstić information content (AvgIpc) is 2.76. The van der Waals surface area contributed by atoms with Crippen LogP contribution in [-0.4, -0.2) is 34.2 Å². The monoisotopic (exact) mass is 395 g/mol. The molecule has 4 rings (SSSR count). The minimum atomic E-state index is -0.319. The number of anilines is 1. The number of rotatable bonds is 5. The first-order chi connectivity index (χ1) is 14.1. The van der Waals surface area contributed by atoms with Gasteiger partial charge >= 0.3 is 0 Å². The predicted octanol–water partition coefficient (Wildman–Crippen LogP) is 4.29. The maximum atomic E-state index is 13.1. The zero-order chi connectivity index (χ0) is 20.5. The summed E-state index contributed by atoms with van der Waals surface area (Å²) >= 11 is 0. The molecule has 0 radical (unpaired) electrons. The third-order valence-corrected chi connectivity index (χ3v) is 5.63. The largest absolute Gasteiger partial charge is 0.497 e. The van der Waals surface area contributed by atoms with Crippen LogP contribution in [0, 0.1) is 0 Å². The van der Waals surface area contributed by atoms with Crippen LogP contribution in [0.1, 0.15) is 36.3 Å². The van der Waals surface area contributed by atoms with Crippen LogP contribution >= 0.6 is 0 Å². The Bertz CT molecular complexity index is 995. The maximum absolute atomic E-state index is 13.1. The van der Waals surface area contributed by atoms with Crippen molar-refractivity contribution in [3.05, 3.63) is 52.7 Å². The molecule has 6 heteroatoms. The topological polar surface area (TPSA) is 66.0 Å². The number of fused-ring (bicyclic) bond motifs is 1. The first kappa shape index (κ1) is 19.2. The third kappa shape index (κ3) is 3.09. The minimum absolute atomic E-state index is 0.150. The molecule has 1 unspecified atom stereocenters. The van der Waals surface area contributed by atoms with Crippen LogP contribution in [0.25, 0.3) is 0 Å². The Labute approximate surface area is 170 Å². The van der Waals surface area contributed by atoms with E-state index in [2.05, 4.69) is 5.32 Å². The van der Waals surface area contributed by atoms with Crippen LogP contribution in [-0.2, 0) is 4.79 Å². The van der Waals surface area contributed by atoms with Crippen LogP contribution in [0.3, 0.4) is 0 Å². The summed E-state index contributed by atoms with van der Waals surface area (Å²) in [6.07, 6.45) is 2.20. The maximum Gasteiger partial charge on any atom is 0.164 e. The second kappa shape index (κ2) is 7.70. The standard InChI is InChI=1S/C23H25NO5/c1-26-13-11-16-22(19(12-13)28-3)20(21-15(24-16)8-6-9-17(21)25)14-7-5-10-18(27-2)23(14)29-4/h5,7,10-12,20,24H,6,8-9H2,1-4H3. The number of carbonyl (C=O) groups is 1. The number of benzene rings is 2. The van der Waals surface area contributed by atoms with Gasteiger partial charge in [0.25, 0.3) is 0 Å². The molecule has 0 amide bonds. The molecule has 2 aliphatic rings. The number of nitrogens with one attached hydrogen (secondary N) is 1. The van der Waals surface area contributed by atoms with Crippen molar-refractivity contribution in [2.45, 2.75) is 25.2 Å². The summed E-state index contributed by atoms with van der Waals surface area (Å²) in [6, 6.07) is 9.55. The van der Waals surface area contributed by atoms with Gasteiger partial charge in [0.2, 0.25) is 0 Å². The molecule has 152 valence electrons. The number of para-hydroxylation sites is 1. The average molecular weight is 395 g/mol. The highest BCUT2D eigenvalue weighted by Gasteiger charge is 2.39. The Morgan fingerprint density at radius 2 is 1.72 bits per heavy atom. The molecule has 29 heavy (non-hydrogen) atoms. The van der Waals surface area contributed by atoms with Gasteiger partial charge in [0, 0.05) is 52.6 Å². The SMILES string of the molecule is COc1cc2c(c(OC)c1)C(c1cccc(OC)c1OC)C1=C(CCCC1=O)N2. The van der Waals surface area contributed by atoms with Crippen molar-refractivity contribution in [3.63, 3.8) is 0 Å². The minimum Gasteiger partial charge on any atom is -0.497 e. The molecule has 0 spiro atoms. The van der Waals surface area contributed by atoms with Gasteiger partial charge in [-0.1, -0.05) is 12.1 Å². The van der Waals surface area contributed by atoms with E-state index in [1.54, 1.807) is 28.4 Å². The van der Waals surface area contributed by atoms with E-state index in [1.165, 1.54) is 0 Å². The number of carbonyl (C=O) groups excluding carboxylic acids is 1. The molecule has 1 heterocycles. The van der Waals surface area contributed by atoms with E-state index in [4.69, 9.17) is 18.9 Å². The Morgan fingerprint density at radius 3 is 2.41 bits per heavy atom. The van der Waals surface area contributed by atoms with Gasteiger partial charge in [0.1, 0.15) is 11.5 Å². The molecule has 1 atom stereocenters. The molecule has 0 aromatic heterocycles. The molecule has 1 aliphatic carbocycles. The van der Waals surface area contributed by atoms with Crippen molar-refractivity contribution in [2.75, 3.05) is 33.8 Å². The molecule has 0 bridgehead atoms. The van der Waals surface area contributed by atoms with Crippen molar-refractivity contribution < 1.29 is 23.7 Å². The quantitative estimate of drug-likeness (QED) is 0.815. The Kier molecular flexibility index (Phi) is 5.09. The zero-order valence-corrected chi connectivity index (χ0v) is 17.1. The number of methoxy groups -OCH3 is 4. The number of hydrogen-bond acceptors (Lipinski definition) is 6. The van der Waals surface area contributed by atoms with Crippen LogP contribution in [0.5, 0.6) is 23.0 Å². The normalized spacial score (nSPS) is 17.8. The van der Waals surface area contributed by atoms with E-state index in [0.29, 0.717) is 29.4 Å². The number of allylic oxidation sites excluding steroid dienone is 2. The van der Waals surface area contributed by atoms with Crippen LogP contribution in [0.4, 0.5) is 5.69 Å². The fourth-order valence-corrected chi connectivity index (χ4v) is 4.37. The van der Waals surface area contributed by atoms with Gasteiger partial charge in [0.15, 0.2) is 17.3 Å². The first-order valence-electron chi connectivity index (χ1n) is 9.63. The van der Waals surface area contributed by atoms with E-state index in [9.17, 15) is 4.79 Å². The van der Waals surface area contributed by atoms with E-state index >= 15 is 0 Å². The van der Waals surface area contributed by atoms with Gasteiger partial charge in [-0.2, -0.15) is 0 Å². The highest BCUT2D eigenvalue weighted by Crippen LogP contribution is 2.53. The van der Waals surface area contributed by atoms with Crippen LogP contribution in [0.15, 0.2) is 41.6 Å². The fourth-order valence-electron chi connectivity index (χ4n) is 4.37. The lowest BCUT2D eigenvalue weighted by atomic mass is 9.74. The van der Waals surface area contributed by atoms with E-state index in [1.807, 2.05) is 30.3 Å². The smallest absolute Gasteiger partial charge is 0.164 e. The molecular weight excluding hydrogens is 370 g/mol. The molecule has 1 N–H and O–H groups in total. The summed E-state index contributed by atoms with van der Waals surface area (Å²) in [5, 5.41) is 3.47. The highest BCUT2D eigenvalue weighted by molar-refractivity contribution is 6.01. The fraction of sp³-hybridized carbons (Fsp3) is 0.348. The number of Topliss-reactive ketones (excluding diaryl/α,β-unsaturated/α-hetero) is 1. The van der Waals surface area contributed by atoms with Gasteiger partial charge in [-0.05, 0) is 18.9 Å². The molecule has 0 saturated carbocycles. The molecule has 2 aromatic carbocycles. The van der Waals surface area contributed by atoms with Crippen molar-refractivity contribution in [1.82, 2.24) is 0 Å². The summed E-state index contributed by atoms with van der Waals surface area (Å²) in [6.45, 7) is 0. The molecule has 0 fully saturated rings. The molecular formula is C23H25NO5. The lowest BCUT2D eigenvalue weighted by Gasteiger charge is -2.35. The van der Waals surface area contributed by atoms with Gasteiger partial charge in [-0.3, -0.25) is 4.79 Å². The van der Waals surface area contributed by atoms with E-state index in [0.717, 1.165) is 40.9 Å². The Morgan fingerprint density at radius 1 is 0.931 bits per heavy atom. The number of ketones is 1. The lowest BCUT2D eigenvalue weighted by Crippen LogP contribution is -2.27. The van der Waals surface area contributed by atoms with Crippen molar-refractivity contribution in [2.24, 2.45) is 0 Å². The summed E-state index contributed by atoms with van der Waals surface area (Å²) in [5.74, 6) is 2.43. The molecule has 6 nitrogen and oxygen atoms in total. The second-order valence-corrected chi connectivity index (χ2v) is 7.10. The van der Waals surface area contributed by atoms with Gasteiger partial charge in [-0.15, -0.1) is 0 Å². The second-order valence-electron chi connectivity index (χ2n) is 7.10. The summed E-state index contributed by atoms with van der Waals surface area (Å²) in [4.78, 5) is 13.1. The van der Waals surface area contributed by atoms with Gasteiger partial charge in [0.05, 0.1) is 28.4 Å². The third-order valence-electron chi connectivity index (χ3n) is 5.63. The molecule has 0 saturated heterocycles. The van der Waals surface area contributed by atoms with Crippen LogP contribution < -0.4 is 24.3 Å². The summed E-state index contributed by atoms with van der Waals surface area (Å²) in [7, 11) is 6.48. The van der Waals surface area contributed by atoms with E-state index in [-0.39, 0.29) is 11.7 Å². The lowest BCUT2D eigenvalue weighted by molar-refractivity contribution is -0.116. The highest BCUT2D eigenvalue weighted by atomic mass is 16.5. The summed E-state index contributed by atoms with van der Waals surface area (Å²) in [5.41, 5.74) is 4.39. The Hall–Kier alpha value is -3.15. The molecule has 2 aromatic rings. The zero-order valence-electron chi connectivity index (χ0n) is 17.1. The number of ether oxygens (including phenoxy) is 4.